The SMILES string of the molecule is Cc1ccc(SCC(=O)Nc2ccc(Cl)c3ncsc23)cc1. The number of benzene rings is 2. The highest BCUT2D eigenvalue weighted by Gasteiger charge is 2.10. The molecule has 0 unspecified atom stereocenters. The summed E-state index contributed by atoms with van der Waals surface area (Å²) in [6.07, 6.45) is 0. The van der Waals surface area contributed by atoms with Gasteiger partial charge in [-0.25, -0.2) is 4.98 Å². The number of carbonyl (C=O) groups is 1. The van der Waals surface area contributed by atoms with Crippen LogP contribution in [-0.4, -0.2) is 16.6 Å². The molecule has 0 saturated heterocycles. The first-order valence-electron chi connectivity index (χ1n) is 6.64. The molecule has 22 heavy (non-hydrogen) atoms. The number of hydrogen-bond donors (Lipinski definition) is 1. The maximum Gasteiger partial charge on any atom is 0.234 e. The van der Waals surface area contributed by atoms with Crippen LogP contribution in [0.4, 0.5) is 5.69 Å². The quantitative estimate of drug-likeness (QED) is 0.675. The van der Waals surface area contributed by atoms with Gasteiger partial charge in [-0.15, -0.1) is 23.1 Å². The molecule has 1 N–H and O–H groups in total. The van der Waals surface area contributed by atoms with Crippen LogP contribution < -0.4 is 5.32 Å². The van der Waals surface area contributed by atoms with Crippen molar-refractivity contribution in [2.75, 3.05) is 11.1 Å². The summed E-state index contributed by atoms with van der Waals surface area (Å²) >= 11 is 9.07. The number of thioether (sulfide) groups is 1. The Hall–Kier alpha value is -1.56. The maximum atomic E-state index is 12.1. The van der Waals surface area contributed by atoms with Crippen molar-refractivity contribution in [2.45, 2.75) is 11.8 Å². The number of thiazole rings is 1. The van der Waals surface area contributed by atoms with E-state index in [0.29, 0.717) is 10.8 Å². The predicted molar refractivity (Wildman–Crippen MR) is 95.2 cm³/mol. The summed E-state index contributed by atoms with van der Waals surface area (Å²) < 4.78 is 0.904. The average Bonchev–Trinajstić information content (AvgIpc) is 3.00. The normalized spacial score (nSPS) is 10.8. The van der Waals surface area contributed by atoms with Crippen molar-refractivity contribution in [3.63, 3.8) is 0 Å². The molecule has 0 atom stereocenters. The van der Waals surface area contributed by atoms with Gasteiger partial charge in [-0.05, 0) is 31.2 Å². The molecule has 0 bridgehead atoms. The molecule has 1 aromatic heterocycles. The average molecular weight is 349 g/mol. The molecule has 1 amide bonds. The largest absolute Gasteiger partial charge is 0.324 e. The van der Waals surface area contributed by atoms with Gasteiger partial charge in [-0.3, -0.25) is 4.79 Å². The molecular weight excluding hydrogens is 336 g/mol. The number of carbonyl (C=O) groups excluding carboxylic acids is 1. The summed E-state index contributed by atoms with van der Waals surface area (Å²) in [6, 6.07) is 11.7. The van der Waals surface area contributed by atoms with E-state index in [4.69, 9.17) is 11.6 Å². The van der Waals surface area contributed by atoms with E-state index in [1.54, 1.807) is 11.6 Å². The lowest BCUT2D eigenvalue weighted by Crippen LogP contribution is -2.14. The first-order chi connectivity index (χ1) is 10.6. The van der Waals surface area contributed by atoms with Crippen LogP contribution in [0.15, 0.2) is 46.8 Å². The standard InChI is InChI=1S/C16H13ClN2OS2/c1-10-2-4-11(5-3-10)21-8-14(20)19-13-7-6-12(17)15-16(13)22-9-18-15/h2-7,9H,8H2,1H3,(H,19,20). The molecular formula is C16H13ClN2OS2. The minimum absolute atomic E-state index is 0.0393. The van der Waals surface area contributed by atoms with Crippen molar-refractivity contribution < 1.29 is 4.79 Å². The lowest BCUT2D eigenvalue weighted by molar-refractivity contribution is -0.113. The van der Waals surface area contributed by atoms with Gasteiger partial charge in [-0.1, -0.05) is 29.3 Å². The highest BCUT2D eigenvalue weighted by Crippen LogP contribution is 2.32. The van der Waals surface area contributed by atoms with E-state index < -0.39 is 0 Å². The third-order valence-corrected chi connectivity index (χ3v) is 5.28. The molecule has 6 heteroatoms. The van der Waals surface area contributed by atoms with Crippen LogP contribution in [0.2, 0.25) is 5.02 Å². The summed E-state index contributed by atoms with van der Waals surface area (Å²) in [5.41, 5.74) is 4.43. The van der Waals surface area contributed by atoms with E-state index in [1.165, 1.54) is 28.7 Å². The Labute approximate surface area is 141 Å². The zero-order chi connectivity index (χ0) is 15.5. The molecule has 3 nitrogen and oxygen atoms in total. The number of fused-ring (bicyclic) bond motifs is 1. The molecule has 0 aliphatic rings. The first kappa shape index (κ1) is 15.3. The van der Waals surface area contributed by atoms with Gasteiger partial charge in [0.15, 0.2) is 0 Å². The van der Waals surface area contributed by atoms with Crippen molar-refractivity contribution in [3.05, 3.63) is 52.5 Å². The van der Waals surface area contributed by atoms with Crippen LogP contribution in [0, 0.1) is 6.92 Å². The van der Waals surface area contributed by atoms with Gasteiger partial charge in [0.2, 0.25) is 5.91 Å². The lowest BCUT2D eigenvalue weighted by atomic mass is 10.2. The highest BCUT2D eigenvalue weighted by molar-refractivity contribution is 8.00. The minimum atomic E-state index is -0.0393. The smallest absolute Gasteiger partial charge is 0.234 e. The fraction of sp³-hybridized carbons (Fsp3) is 0.125. The zero-order valence-electron chi connectivity index (χ0n) is 11.8. The summed E-state index contributed by atoms with van der Waals surface area (Å²) in [5.74, 6) is 0.328. The van der Waals surface area contributed by atoms with E-state index in [-0.39, 0.29) is 5.91 Å². The molecule has 1 heterocycles. The third-order valence-electron chi connectivity index (χ3n) is 3.10. The van der Waals surface area contributed by atoms with Crippen LogP contribution in [-0.2, 0) is 4.79 Å². The Bertz CT molecular complexity index is 815. The Kier molecular flexibility index (Phi) is 4.66. The van der Waals surface area contributed by atoms with Gasteiger partial charge in [0, 0.05) is 4.90 Å². The second-order valence-electron chi connectivity index (χ2n) is 4.77. The second-order valence-corrected chi connectivity index (χ2v) is 7.09. The van der Waals surface area contributed by atoms with Crippen molar-refractivity contribution in [1.29, 1.82) is 0 Å². The molecule has 0 spiro atoms. The molecule has 3 aromatic rings. The summed E-state index contributed by atoms with van der Waals surface area (Å²) in [6.45, 7) is 2.04. The topological polar surface area (TPSA) is 42.0 Å². The van der Waals surface area contributed by atoms with Gasteiger partial charge >= 0.3 is 0 Å². The van der Waals surface area contributed by atoms with Crippen molar-refractivity contribution in [3.8, 4) is 0 Å². The van der Waals surface area contributed by atoms with Gasteiger partial charge in [-0.2, -0.15) is 0 Å². The number of nitrogens with zero attached hydrogens (tertiary/aromatic N) is 1. The summed E-state index contributed by atoms with van der Waals surface area (Å²) in [4.78, 5) is 17.4. The Morgan fingerprint density at radius 1 is 1.27 bits per heavy atom. The number of hydrogen-bond acceptors (Lipinski definition) is 4. The molecule has 3 rings (SSSR count). The number of aryl methyl sites for hydroxylation is 1. The van der Waals surface area contributed by atoms with E-state index in [2.05, 4.69) is 10.3 Å². The van der Waals surface area contributed by atoms with Crippen molar-refractivity contribution >= 4 is 56.5 Å². The van der Waals surface area contributed by atoms with Crippen molar-refractivity contribution in [1.82, 2.24) is 4.98 Å². The fourth-order valence-electron chi connectivity index (χ4n) is 1.99. The second kappa shape index (κ2) is 6.69. The van der Waals surface area contributed by atoms with Crippen LogP contribution in [0.1, 0.15) is 5.56 Å². The maximum absolute atomic E-state index is 12.1. The lowest BCUT2D eigenvalue weighted by Gasteiger charge is -2.07. The van der Waals surface area contributed by atoms with E-state index >= 15 is 0 Å². The first-order valence-corrected chi connectivity index (χ1v) is 8.89. The van der Waals surface area contributed by atoms with E-state index in [9.17, 15) is 4.79 Å². The Morgan fingerprint density at radius 3 is 2.82 bits per heavy atom. The summed E-state index contributed by atoms with van der Waals surface area (Å²) in [5, 5.41) is 3.53. The van der Waals surface area contributed by atoms with Crippen molar-refractivity contribution in [2.24, 2.45) is 0 Å². The van der Waals surface area contributed by atoms with E-state index in [0.717, 1.165) is 20.8 Å². The van der Waals surface area contributed by atoms with Gasteiger partial charge in [0.1, 0.15) is 5.52 Å². The van der Waals surface area contributed by atoms with Gasteiger partial charge in [0.05, 0.1) is 26.7 Å². The Morgan fingerprint density at radius 2 is 2.05 bits per heavy atom. The van der Waals surface area contributed by atoms with Crippen LogP contribution in [0.5, 0.6) is 0 Å². The molecule has 0 saturated carbocycles. The third kappa shape index (κ3) is 3.43. The monoisotopic (exact) mass is 348 g/mol. The predicted octanol–water partition coefficient (Wildman–Crippen LogP) is 4.99. The number of anilines is 1. The van der Waals surface area contributed by atoms with Crippen LogP contribution in [0.25, 0.3) is 10.2 Å². The minimum Gasteiger partial charge on any atom is -0.324 e. The Balaban J connectivity index is 1.67. The number of rotatable bonds is 4. The number of halogens is 1. The summed E-state index contributed by atoms with van der Waals surface area (Å²) in [7, 11) is 0. The number of amides is 1. The fourth-order valence-corrected chi connectivity index (χ4v) is 3.73. The molecule has 2 aromatic carbocycles. The van der Waals surface area contributed by atoms with Gasteiger partial charge in [0.25, 0.3) is 0 Å². The van der Waals surface area contributed by atoms with E-state index in [1.807, 2.05) is 37.3 Å². The zero-order valence-corrected chi connectivity index (χ0v) is 14.2. The number of aromatic nitrogens is 1. The highest BCUT2D eigenvalue weighted by atomic mass is 35.5. The van der Waals surface area contributed by atoms with Gasteiger partial charge < -0.3 is 5.32 Å². The molecule has 0 aliphatic carbocycles. The molecule has 0 radical (unpaired) electrons. The van der Waals surface area contributed by atoms with Crippen LogP contribution >= 0.6 is 34.7 Å². The van der Waals surface area contributed by atoms with Crippen LogP contribution in [0.3, 0.4) is 0 Å². The molecule has 0 aliphatic heterocycles. The molecule has 112 valence electrons. The molecule has 0 fully saturated rings. The number of nitrogens with one attached hydrogen (secondary N) is 1.